The molecule has 0 saturated carbocycles. The first-order chi connectivity index (χ1) is 18.5. The molecule has 0 fully saturated rings. The highest BCUT2D eigenvalue weighted by molar-refractivity contribution is 5.97. The lowest BCUT2D eigenvalue weighted by Crippen LogP contribution is -2.35. The Kier molecular flexibility index (Phi) is 10.0. The number of hydrogen-bond acceptors (Lipinski definition) is 5. The Labute approximate surface area is 233 Å². The fourth-order valence-corrected chi connectivity index (χ4v) is 4.87. The first-order valence-corrected chi connectivity index (χ1v) is 14.1. The van der Waals surface area contributed by atoms with Gasteiger partial charge in [-0.2, -0.15) is 0 Å². The van der Waals surface area contributed by atoms with Gasteiger partial charge >= 0.3 is 6.09 Å². The van der Waals surface area contributed by atoms with Gasteiger partial charge in [-0.3, -0.25) is 14.5 Å². The van der Waals surface area contributed by atoms with Crippen molar-refractivity contribution in [2.75, 3.05) is 49.5 Å². The molecule has 4 rings (SSSR count). The minimum absolute atomic E-state index is 0.0357. The van der Waals surface area contributed by atoms with Gasteiger partial charge in [-0.25, -0.2) is 4.79 Å². The monoisotopic (exact) mass is 536 g/mol. The highest BCUT2D eigenvalue weighted by Gasteiger charge is 2.29. The van der Waals surface area contributed by atoms with Crippen molar-refractivity contribution in [3.8, 4) is 0 Å². The molecule has 3 amide bonds. The van der Waals surface area contributed by atoms with E-state index in [0.29, 0.717) is 25.2 Å². The lowest BCUT2D eigenvalue weighted by molar-refractivity contribution is 0.0583. The molecule has 0 aromatic heterocycles. The Morgan fingerprint density at radius 3 is 1.90 bits per heavy atom. The number of carbonyl (C=O) groups is 3. The zero-order valence-corrected chi connectivity index (χ0v) is 24.6. The van der Waals surface area contributed by atoms with Gasteiger partial charge in [-0.1, -0.05) is 0 Å². The maximum Gasteiger partial charge on any atom is 0.414 e. The van der Waals surface area contributed by atoms with Crippen molar-refractivity contribution in [2.45, 2.75) is 66.9 Å². The van der Waals surface area contributed by atoms with Crippen molar-refractivity contribution >= 4 is 29.3 Å². The molecular weight excluding hydrogens is 492 g/mol. The van der Waals surface area contributed by atoms with Crippen molar-refractivity contribution in [2.24, 2.45) is 0 Å². The lowest BCUT2D eigenvalue weighted by Gasteiger charge is -2.25. The molecule has 2 aliphatic rings. The molecule has 0 saturated heterocycles. The molecule has 0 aliphatic carbocycles. The molecule has 2 aromatic carbocycles. The van der Waals surface area contributed by atoms with Gasteiger partial charge < -0.3 is 19.9 Å². The maximum absolute atomic E-state index is 12.4. The van der Waals surface area contributed by atoms with Gasteiger partial charge in [0.05, 0.1) is 5.69 Å². The summed E-state index contributed by atoms with van der Waals surface area (Å²) in [6, 6.07) is 11.5. The predicted molar refractivity (Wildman–Crippen MR) is 157 cm³/mol. The first-order valence-electron chi connectivity index (χ1n) is 14.1. The second-order valence-corrected chi connectivity index (χ2v) is 10.7. The number of hydrogen-bond donors (Lipinski definition) is 1. The summed E-state index contributed by atoms with van der Waals surface area (Å²) in [7, 11) is 0. The smallest absolute Gasteiger partial charge is 0.414 e. The van der Waals surface area contributed by atoms with E-state index >= 15 is 0 Å². The van der Waals surface area contributed by atoms with Crippen molar-refractivity contribution in [3.63, 3.8) is 0 Å². The normalized spacial score (nSPS) is 13.5. The standard InChI is InChI=1S/C18H26N2O3.C13H18N2O/c1-6-19(7-2)16(21)14-8-9-15-13(12-14)10-11-20(15)17(22)23-18(3,4)5;1-3-15(4-2)13(16)11-5-6-12-10(9-11)7-8-14-12/h8-9,12H,6-7,10-11H2,1-5H3;5-6,9,14H,3-4,7-8H2,1-2H3. The molecule has 0 bridgehead atoms. The summed E-state index contributed by atoms with van der Waals surface area (Å²) in [6.45, 7) is 18.0. The molecule has 39 heavy (non-hydrogen) atoms. The van der Waals surface area contributed by atoms with Crippen LogP contribution in [0.25, 0.3) is 0 Å². The molecule has 0 radical (unpaired) electrons. The number of rotatable bonds is 6. The van der Waals surface area contributed by atoms with Gasteiger partial charge in [-0.05, 0) is 109 Å². The van der Waals surface area contributed by atoms with Crippen LogP contribution in [0.4, 0.5) is 16.2 Å². The number of nitrogens with one attached hydrogen (secondary N) is 1. The van der Waals surface area contributed by atoms with Crippen LogP contribution in [-0.4, -0.2) is 72.6 Å². The Morgan fingerprint density at radius 1 is 0.821 bits per heavy atom. The number of carbonyl (C=O) groups excluding carboxylic acids is 3. The van der Waals surface area contributed by atoms with E-state index in [9.17, 15) is 14.4 Å². The number of ether oxygens (including phenoxy) is 1. The number of fused-ring (bicyclic) bond motifs is 2. The summed E-state index contributed by atoms with van der Waals surface area (Å²) in [5, 5.41) is 3.30. The number of benzene rings is 2. The third kappa shape index (κ3) is 7.31. The minimum atomic E-state index is -0.515. The molecule has 0 atom stereocenters. The summed E-state index contributed by atoms with van der Waals surface area (Å²) in [4.78, 5) is 42.1. The van der Waals surface area contributed by atoms with E-state index in [-0.39, 0.29) is 17.9 Å². The fraction of sp³-hybridized carbons (Fsp3) is 0.516. The molecule has 8 nitrogen and oxygen atoms in total. The van der Waals surface area contributed by atoms with Gasteiger partial charge in [0.15, 0.2) is 0 Å². The third-order valence-electron chi connectivity index (χ3n) is 7.00. The quantitative estimate of drug-likeness (QED) is 0.520. The van der Waals surface area contributed by atoms with Crippen LogP contribution in [0.1, 0.15) is 80.3 Å². The molecule has 1 N–H and O–H groups in total. The SMILES string of the molecule is CCN(CC)C(=O)c1ccc2c(c1)CCN2.CCN(CC)C(=O)c1ccc2c(c1)CCN2C(=O)OC(C)(C)C. The second-order valence-electron chi connectivity index (χ2n) is 10.7. The van der Waals surface area contributed by atoms with Crippen LogP contribution in [-0.2, 0) is 17.6 Å². The zero-order valence-electron chi connectivity index (χ0n) is 24.6. The number of anilines is 2. The molecule has 212 valence electrons. The van der Waals surface area contributed by atoms with E-state index < -0.39 is 5.60 Å². The van der Waals surface area contributed by atoms with Crippen LogP contribution >= 0.6 is 0 Å². The molecular formula is C31H44N4O4. The van der Waals surface area contributed by atoms with E-state index in [1.54, 1.807) is 15.9 Å². The van der Waals surface area contributed by atoms with Crippen LogP contribution in [0.5, 0.6) is 0 Å². The molecule has 0 spiro atoms. The second kappa shape index (κ2) is 13.0. The predicted octanol–water partition coefficient (Wildman–Crippen LogP) is 5.60. The van der Waals surface area contributed by atoms with Gasteiger partial charge in [0, 0.05) is 56.1 Å². The Balaban J connectivity index is 0.000000230. The Hall–Kier alpha value is -3.55. The summed E-state index contributed by atoms with van der Waals surface area (Å²) in [6.07, 6.45) is 1.43. The largest absolute Gasteiger partial charge is 0.443 e. The van der Waals surface area contributed by atoms with Crippen molar-refractivity contribution in [1.29, 1.82) is 0 Å². The summed E-state index contributed by atoms with van der Waals surface area (Å²) in [5.74, 6) is 0.174. The van der Waals surface area contributed by atoms with Crippen molar-refractivity contribution in [3.05, 3.63) is 58.7 Å². The number of amides is 3. The summed E-state index contributed by atoms with van der Waals surface area (Å²) < 4.78 is 5.44. The number of nitrogens with zero attached hydrogens (tertiary/aromatic N) is 3. The van der Waals surface area contributed by atoms with Crippen LogP contribution in [0.2, 0.25) is 0 Å². The van der Waals surface area contributed by atoms with Gasteiger partial charge in [0.25, 0.3) is 11.8 Å². The first kappa shape index (κ1) is 30.0. The van der Waals surface area contributed by atoms with E-state index in [1.165, 1.54) is 11.3 Å². The van der Waals surface area contributed by atoms with E-state index in [2.05, 4.69) is 5.32 Å². The van der Waals surface area contributed by atoms with E-state index in [0.717, 1.165) is 49.3 Å². The molecule has 2 aromatic rings. The average molecular weight is 537 g/mol. The highest BCUT2D eigenvalue weighted by Crippen LogP contribution is 2.30. The van der Waals surface area contributed by atoms with Crippen LogP contribution in [0.15, 0.2) is 36.4 Å². The van der Waals surface area contributed by atoms with Crippen LogP contribution in [0, 0.1) is 0 Å². The minimum Gasteiger partial charge on any atom is -0.443 e. The van der Waals surface area contributed by atoms with Crippen LogP contribution < -0.4 is 10.2 Å². The lowest BCUT2D eigenvalue weighted by atomic mass is 10.1. The summed E-state index contributed by atoms with van der Waals surface area (Å²) >= 11 is 0. The van der Waals surface area contributed by atoms with Gasteiger partial charge in [0.2, 0.25) is 0 Å². The molecule has 2 aliphatic heterocycles. The fourth-order valence-electron chi connectivity index (χ4n) is 4.87. The van der Waals surface area contributed by atoms with Gasteiger partial charge in [0.1, 0.15) is 5.60 Å². The highest BCUT2D eigenvalue weighted by atomic mass is 16.6. The average Bonchev–Trinajstić information content (AvgIpc) is 3.55. The molecule has 0 unspecified atom stereocenters. The van der Waals surface area contributed by atoms with E-state index in [4.69, 9.17) is 4.74 Å². The van der Waals surface area contributed by atoms with Gasteiger partial charge in [-0.15, -0.1) is 0 Å². The van der Waals surface area contributed by atoms with Crippen molar-refractivity contribution in [1.82, 2.24) is 9.80 Å². The zero-order chi connectivity index (χ0) is 28.7. The Bertz CT molecular complexity index is 1180. The maximum atomic E-state index is 12.4. The third-order valence-corrected chi connectivity index (χ3v) is 7.00. The Morgan fingerprint density at radius 2 is 1.36 bits per heavy atom. The summed E-state index contributed by atoms with van der Waals surface area (Å²) in [5.41, 5.74) is 5.28. The topological polar surface area (TPSA) is 82.2 Å². The van der Waals surface area contributed by atoms with E-state index in [1.807, 2.05) is 83.7 Å². The molecule has 2 heterocycles. The van der Waals surface area contributed by atoms with Crippen molar-refractivity contribution < 1.29 is 19.1 Å². The molecule has 8 heteroatoms. The van der Waals surface area contributed by atoms with Crippen LogP contribution in [0.3, 0.4) is 0 Å².